The Balaban J connectivity index is 1.31. The molecule has 2 N–H and O–H groups in total. The van der Waals surface area contributed by atoms with Crippen molar-refractivity contribution >= 4 is 34.7 Å². The van der Waals surface area contributed by atoms with E-state index in [1.165, 1.54) is 5.69 Å². The van der Waals surface area contributed by atoms with Crippen molar-refractivity contribution in [2.24, 2.45) is 0 Å². The van der Waals surface area contributed by atoms with Crippen molar-refractivity contribution < 1.29 is 4.79 Å². The number of rotatable bonds is 6. The standard InChI is InChI=1S/C27H31ClN6O/c28-21-7-11-23(12-8-21)33-16-13-32(14-17-33)15-18-34(27(35)20-5-9-22(29)10-6-20)26-24-3-1-2-4-25(24)30-19-31-26/h5-12,19H,1-4,13-18,29H2. The lowest BCUT2D eigenvalue weighted by atomic mass is 9.96. The number of benzene rings is 2. The fourth-order valence-electron chi connectivity index (χ4n) is 4.94. The van der Waals surface area contributed by atoms with Gasteiger partial charge >= 0.3 is 0 Å². The van der Waals surface area contributed by atoms with Crippen LogP contribution in [0.4, 0.5) is 17.2 Å². The van der Waals surface area contributed by atoms with Gasteiger partial charge in [0.1, 0.15) is 12.1 Å². The van der Waals surface area contributed by atoms with Crippen molar-refractivity contribution in [1.82, 2.24) is 14.9 Å². The SMILES string of the molecule is Nc1ccc(C(=O)N(CCN2CCN(c3ccc(Cl)cc3)CC2)c2ncnc3c2CCCC3)cc1. The molecule has 7 nitrogen and oxygen atoms in total. The number of carbonyl (C=O) groups excluding carboxylic acids is 1. The molecule has 3 aromatic rings. The number of anilines is 3. The molecule has 1 aliphatic heterocycles. The summed E-state index contributed by atoms with van der Waals surface area (Å²) in [7, 11) is 0. The molecule has 5 rings (SSSR count). The van der Waals surface area contributed by atoms with Crippen LogP contribution in [0.2, 0.25) is 5.02 Å². The van der Waals surface area contributed by atoms with Gasteiger partial charge < -0.3 is 10.6 Å². The molecule has 35 heavy (non-hydrogen) atoms. The minimum absolute atomic E-state index is 0.0451. The minimum Gasteiger partial charge on any atom is -0.399 e. The van der Waals surface area contributed by atoms with Gasteiger partial charge in [-0.05, 0) is 74.2 Å². The van der Waals surface area contributed by atoms with Crippen LogP contribution in [0.25, 0.3) is 0 Å². The molecule has 1 fully saturated rings. The predicted molar refractivity (Wildman–Crippen MR) is 141 cm³/mol. The highest BCUT2D eigenvalue weighted by atomic mass is 35.5. The largest absolute Gasteiger partial charge is 0.399 e. The Morgan fingerprint density at radius 1 is 0.943 bits per heavy atom. The van der Waals surface area contributed by atoms with E-state index >= 15 is 0 Å². The number of nitrogens with two attached hydrogens (primary N) is 1. The number of aryl methyl sites for hydroxylation is 1. The van der Waals surface area contributed by atoms with E-state index in [1.54, 1.807) is 30.6 Å². The molecular weight excluding hydrogens is 460 g/mol. The Morgan fingerprint density at radius 2 is 1.66 bits per heavy atom. The lowest BCUT2D eigenvalue weighted by Gasteiger charge is -2.37. The fraction of sp³-hybridized carbons (Fsp3) is 0.370. The maximum absolute atomic E-state index is 13.7. The van der Waals surface area contributed by atoms with Gasteiger partial charge in [0.25, 0.3) is 5.91 Å². The fourth-order valence-corrected chi connectivity index (χ4v) is 5.07. The monoisotopic (exact) mass is 490 g/mol. The quantitative estimate of drug-likeness (QED) is 0.525. The molecule has 8 heteroatoms. The average molecular weight is 491 g/mol. The third kappa shape index (κ3) is 5.41. The number of amides is 1. The average Bonchev–Trinajstić information content (AvgIpc) is 2.90. The molecule has 0 saturated carbocycles. The van der Waals surface area contributed by atoms with Gasteiger partial charge in [0.2, 0.25) is 0 Å². The molecule has 1 amide bonds. The molecule has 0 bridgehead atoms. The smallest absolute Gasteiger partial charge is 0.259 e. The van der Waals surface area contributed by atoms with Gasteiger partial charge in [-0.1, -0.05) is 11.6 Å². The molecule has 1 aromatic heterocycles. The normalized spacial score (nSPS) is 16.1. The number of hydrogen-bond donors (Lipinski definition) is 1. The van der Waals surface area contributed by atoms with Crippen molar-refractivity contribution in [1.29, 1.82) is 0 Å². The van der Waals surface area contributed by atoms with Crippen LogP contribution in [-0.4, -0.2) is 60.0 Å². The summed E-state index contributed by atoms with van der Waals surface area (Å²) in [6, 6.07) is 15.2. The van der Waals surface area contributed by atoms with Crippen LogP contribution in [0.5, 0.6) is 0 Å². The highest BCUT2D eigenvalue weighted by Gasteiger charge is 2.26. The molecule has 2 aliphatic rings. The van der Waals surface area contributed by atoms with Crippen LogP contribution in [-0.2, 0) is 12.8 Å². The first-order chi connectivity index (χ1) is 17.1. The third-order valence-corrected chi connectivity index (χ3v) is 7.22. The van der Waals surface area contributed by atoms with E-state index < -0.39 is 0 Å². The second kappa shape index (κ2) is 10.6. The number of halogens is 1. The van der Waals surface area contributed by atoms with Crippen LogP contribution in [0.1, 0.15) is 34.5 Å². The molecule has 0 atom stereocenters. The molecule has 1 saturated heterocycles. The summed E-state index contributed by atoms with van der Waals surface area (Å²) in [5.41, 5.74) is 10.5. The first-order valence-electron chi connectivity index (χ1n) is 12.3. The summed E-state index contributed by atoms with van der Waals surface area (Å²) in [5.74, 6) is 0.715. The van der Waals surface area contributed by atoms with E-state index in [4.69, 9.17) is 17.3 Å². The number of fused-ring (bicyclic) bond motifs is 1. The van der Waals surface area contributed by atoms with Gasteiger partial charge in [-0.15, -0.1) is 0 Å². The molecule has 182 valence electrons. The van der Waals surface area contributed by atoms with Gasteiger partial charge in [-0.2, -0.15) is 0 Å². The minimum atomic E-state index is -0.0451. The summed E-state index contributed by atoms with van der Waals surface area (Å²) in [6.07, 6.45) is 5.70. The van der Waals surface area contributed by atoms with Gasteiger partial charge in [-0.25, -0.2) is 9.97 Å². The lowest BCUT2D eigenvalue weighted by Crippen LogP contribution is -2.49. The molecule has 0 spiro atoms. The van der Waals surface area contributed by atoms with Crippen LogP contribution >= 0.6 is 11.6 Å². The zero-order valence-corrected chi connectivity index (χ0v) is 20.6. The van der Waals surface area contributed by atoms with E-state index in [1.807, 2.05) is 17.0 Å². The molecule has 1 aliphatic carbocycles. The van der Waals surface area contributed by atoms with Gasteiger partial charge in [0.15, 0.2) is 0 Å². The highest BCUT2D eigenvalue weighted by molar-refractivity contribution is 6.30. The first kappa shape index (κ1) is 23.6. The summed E-state index contributed by atoms with van der Waals surface area (Å²) in [6.45, 7) is 5.12. The van der Waals surface area contributed by atoms with Crippen molar-refractivity contribution in [3.63, 3.8) is 0 Å². The van der Waals surface area contributed by atoms with E-state index in [0.717, 1.165) is 80.5 Å². The van der Waals surface area contributed by atoms with Crippen molar-refractivity contribution in [3.8, 4) is 0 Å². The summed E-state index contributed by atoms with van der Waals surface area (Å²) < 4.78 is 0. The Bertz CT molecular complexity index is 1160. The number of nitrogen functional groups attached to an aromatic ring is 1. The van der Waals surface area contributed by atoms with Crippen molar-refractivity contribution in [3.05, 3.63) is 76.7 Å². The van der Waals surface area contributed by atoms with Crippen molar-refractivity contribution in [2.75, 3.05) is 54.8 Å². The summed E-state index contributed by atoms with van der Waals surface area (Å²) in [4.78, 5) is 29.4. The maximum Gasteiger partial charge on any atom is 0.259 e. The zero-order valence-electron chi connectivity index (χ0n) is 19.9. The van der Waals surface area contributed by atoms with E-state index in [2.05, 4.69) is 31.9 Å². The summed E-state index contributed by atoms with van der Waals surface area (Å²) in [5, 5.41) is 0.755. The van der Waals surface area contributed by atoms with Gasteiger partial charge in [-0.3, -0.25) is 14.6 Å². The molecular formula is C27H31ClN6O. The Morgan fingerprint density at radius 3 is 2.40 bits per heavy atom. The van der Waals surface area contributed by atoms with E-state index in [9.17, 15) is 4.79 Å². The number of carbonyl (C=O) groups is 1. The van der Waals surface area contributed by atoms with Crippen LogP contribution in [0.3, 0.4) is 0 Å². The summed E-state index contributed by atoms with van der Waals surface area (Å²) >= 11 is 6.04. The van der Waals surface area contributed by atoms with Crippen LogP contribution < -0.4 is 15.5 Å². The predicted octanol–water partition coefficient (Wildman–Crippen LogP) is 4.06. The van der Waals surface area contributed by atoms with E-state index in [-0.39, 0.29) is 5.91 Å². The van der Waals surface area contributed by atoms with Crippen molar-refractivity contribution in [2.45, 2.75) is 25.7 Å². The Kier molecular flexibility index (Phi) is 7.16. The lowest BCUT2D eigenvalue weighted by molar-refractivity contribution is 0.0982. The number of nitrogens with zero attached hydrogens (tertiary/aromatic N) is 5. The number of piperazine rings is 1. The first-order valence-corrected chi connectivity index (χ1v) is 12.7. The Hall–Kier alpha value is -3.16. The Labute approximate surface area is 211 Å². The molecule has 2 aromatic carbocycles. The molecule has 2 heterocycles. The number of aromatic nitrogens is 2. The third-order valence-electron chi connectivity index (χ3n) is 6.96. The number of hydrogen-bond acceptors (Lipinski definition) is 6. The maximum atomic E-state index is 13.7. The topological polar surface area (TPSA) is 78.6 Å². The van der Waals surface area contributed by atoms with Gasteiger partial charge in [0, 0.05) is 72.5 Å². The van der Waals surface area contributed by atoms with Crippen LogP contribution in [0.15, 0.2) is 54.9 Å². The highest BCUT2D eigenvalue weighted by Crippen LogP contribution is 2.28. The van der Waals surface area contributed by atoms with Gasteiger partial charge in [0.05, 0.1) is 0 Å². The second-order valence-corrected chi connectivity index (χ2v) is 9.65. The molecule has 0 unspecified atom stereocenters. The van der Waals surface area contributed by atoms with E-state index in [0.29, 0.717) is 17.8 Å². The molecule has 0 radical (unpaired) electrons. The van der Waals surface area contributed by atoms with Crippen LogP contribution in [0, 0.1) is 0 Å². The zero-order chi connectivity index (χ0) is 24.2. The second-order valence-electron chi connectivity index (χ2n) is 9.21.